The van der Waals surface area contributed by atoms with Gasteiger partial charge in [-0.15, -0.1) is 0 Å². The average molecular weight is 167 g/mol. The van der Waals surface area contributed by atoms with Crippen LogP contribution in [0.5, 0.6) is 0 Å². The molecule has 1 saturated heterocycles. The fraction of sp³-hybridized carbons (Fsp3) is 0.667. The SMILES string of the molecule is CC(=O)[O-].O=C1CCCN1.[Na+]. The van der Waals surface area contributed by atoms with Crippen LogP contribution in [0.3, 0.4) is 0 Å². The van der Waals surface area contributed by atoms with Gasteiger partial charge in [-0.1, -0.05) is 0 Å². The molecule has 1 N–H and O–H groups in total. The molecule has 0 aromatic heterocycles. The summed E-state index contributed by atoms with van der Waals surface area (Å²) in [6.45, 7) is 1.86. The maximum atomic E-state index is 10.1. The first-order chi connectivity index (χ1) is 4.63. The first-order valence-corrected chi connectivity index (χ1v) is 3.07. The second kappa shape index (κ2) is 8.04. The number of rotatable bonds is 0. The van der Waals surface area contributed by atoms with Gasteiger partial charge in [0.15, 0.2) is 0 Å². The minimum atomic E-state index is -1.08. The van der Waals surface area contributed by atoms with E-state index in [4.69, 9.17) is 9.90 Å². The van der Waals surface area contributed by atoms with E-state index in [9.17, 15) is 4.79 Å². The molecule has 0 spiro atoms. The van der Waals surface area contributed by atoms with Gasteiger partial charge >= 0.3 is 29.6 Å². The number of carbonyl (C=O) groups excluding carboxylic acids is 2. The van der Waals surface area contributed by atoms with Crippen molar-refractivity contribution in [3.8, 4) is 0 Å². The summed E-state index contributed by atoms with van der Waals surface area (Å²) in [4.78, 5) is 19.0. The fourth-order valence-electron chi connectivity index (χ4n) is 0.565. The number of carbonyl (C=O) groups is 2. The number of hydrogen-bond donors (Lipinski definition) is 1. The summed E-state index contributed by atoms with van der Waals surface area (Å²) in [7, 11) is 0. The summed E-state index contributed by atoms with van der Waals surface area (Å²) in [5.74, 6) is -0.880. The number of amides is 1. The van der Waals surface area contributed by atoms with E-state index < -0.39 is 5.97 Å². The Morgan fingerprint density at radius 1 is 1.64 bits per heavy atom. The second-order valence-electron chi connectivity index (χ2n) is 1.95. The Morgan fingerprint density at radius 2 is 2.09 bits per heavy atom. The Hall–Kier alpha value is -0.0600. The van der Waals surface area contributed by atoms with Gasteiger partial charge in [0, 0.05) is 18.9 Å². The molecule has 11 heavy (non-hydrogen) atoms. The maximum Gasteiger partial charge on any atom is 1.00 e. The molecule has 1 rings (SSSR count). The van der Waals surface area contributed by atoms with Crippen molar-refractivity contribution in [2.24, 2.45) is 0 Å². The van der Waals surface area contributed by atoms with Crippen molar-refractivity contribution in [1.82, 2.24) is 5.32 Å². The van der Waals surface area contributed by atoms with Crippen LogP contribution in [0.25, 0.3) is 0 Å². The predicted molar refractivity (Wildman–Crippen MR) is 32.9 cm³/mol. The fourth-order valence-corrected chi connectivity index (χ4v) is 0.565. The smallest absolute Gasteiger partial charge is 0.550 e. The monoisotopic (exact) mass is 167 g/mol. The number of carboxylic acid groups (broad SMARTS) is 1. The van der Waals surface area contributed by atoms with Crippen molar-refractivity contribution >= 4 is 11.9 Å². The molecule has 5 heteroatoms. The second-order valence-corrected chi connectivity index (χ2v) is 1.95. The number of hydrogen-bond acceptors (Lipinski definition) is 3. The molecular weight excluding hydrogens is 157 g/mol. The minimum absolute atomic E-state index is 0. The first kappa shape index (κ1) is 13.5. The maximum absolute atomic E-state index is 10.1. The van der Waals surface area contributed by atoms with Crippen LogP contribution in [-0.2, 0) is 9.59 Å². The van der Waals surface area contributed by atoms with Gasteiger partial charge < -0.3 is 15.2 Å². The zero-order valence-corrected chi connectivity index (χ0v) is 8.85. The quantitative estimate of drug-likeness (QED) is 0.371. The van der Waals surface area contributed by atoms with Crippen LogP contribution in [0.4, 0.5) is 0 Å². The van der Waals surface area contributed by atoms with Gasteiger partial charge in [0.2, 0.25) is 5.91 Å². The molecule has 4 nitrogen and oxygen atoms in total. The number of carboxylic acids is 1. The van der Waals surface area contributed by atoms with Crippen LogP contribution >= 0.6 is 0 Å². The van der Waals surface area contributed by atoms with Gasteiger partial charge in [-0.3, -0.25) is 4.79 Å². The van der Waals surface area contributed by atoms with E-state index in [0.29, 0.717) is 0 Å². The molecule has 1 amide bonds. The Balaban J connectivity index is 0. The summed E-state index contributed by atoms with van der Waals surface area (Å²) < 4.78 is 0. The third-order valence-corrected chi connectivity index (χ3v) is 0.903. The van der Waals surface area contributed by atoms with E-state index in [-0.39, 0.29) is 35.5 Å². The topological polar surface area (TPSA) is 69.2 Å². The zero-order chi connectivity index (χ0) is 7.98. The van der Waals surface area contributed by atoms with E-state index in [1.807, 2.05) is 0 Å². The van der Waals surface area contributed by atoms with Crippen LogP contribution in [-0.4, -0.2) is 18.4 Å². The molecular formula is C6H10NNaO3. The molecule has 1 aliphatic rings. The third kappa shape index (κ3) is 13.0. The molecule has 1 fully saturated rings. The number of aliphatic carboxylic acids is 1. The van der Waals surface area contributed by atoms with Gasteiger partial charge in [-0.05, 0) is 13.3 Å². The summed E-state index contributed by atoms with van der Waals surface area (Å²) in [5, 5.41) is 11.6. The molecule has 0 saturated carbocycles. The molecule has 0 aliphatic carbocycles. The summed E-state index contributed by atoms with van der Waals surface area (Å²) in [5.41, 5.74) is 0. The van der Waals surface area contributed by atoms with Crippen LogP contribution in [0.1, 0.15) is 19.8 Å². The molecule has 0 bridgehead atoms. The van der Waals surface area contributed by atoms with Crippen molar-refractivity contribution in [1.29, 1.82) is 0 Å². The zero-order valence-electron chi connectivity index (χ0n) is 6.85. The van der Waals surface area contributed by atoms with Gasteiger partial charge in [0.05, 0.1) is 0 Å². The Morgan fingerprint density at radius 3 is 2.18 bits per heavy atom. The summed E-state index contributed by atoms with van der Waals surface area (Å²) in [6.07, 6.45) is 1.76. The van der Waals surface area contributed by atoms with Gasteiger partial charge in [-0.25, -0.2) is 0 Å². The predicted octanol–water partition coefficient (Wildman–Crippen LogP) is -4.34. The van der Waals surface area contributed by atoms with Crippen molar-refractivity contribution in [3.05, 3.63) is 0 Å². The largest absolute Gasteiger partial charge is 1.00 e. The molecule has 0 unspecified atom stereocenters. The Labute approximate surface area is 87.6 Å². The average Bonchev–Trinajstić information content (AvgIpc) is 2.15. The molecule has 1 aliphatic heterocycles. The van der Waals surface area contributed by atoms with Crippen LogP contribution in [0, 0.1) is 0 Å². The van der Waals surface area contributed by atoms with Gasteiger partial charge in [-0.2, -0.15) is 0 Å². The third-order valence-electron chi connectivity index (χ3n) is 0.903. The van der Waals surface area contributed by atoms with E-state index >= 15 is 0 Å². The van der Waals surface area contributed by atoms with E-state index in [0.717, 1.165) is 26.3 Å². The molecule has 0 atom stereocenters. The standard InChI is InChI=1S/C4H7NO.C2H4O2.Na/c6-4-2-1-3-5-4;1-2(3)4;/h1-3H2,(H,5,6);1H3,(H,3,4);/q;;+1/p-1. The van der Waals surface area contributed by atoms with Crippen molar-refractivity contribution in [3.63, 3.8) is 0 Å². The van der Waals surface area contributed by atoms with Crippen LogP contribution in [0.15, 0.2) is 0 Å². The van der Waals surface area contributed by atoms with Crippen molar-refractivity contribution < 1.29 is 44.3 Å². The van der Waals surface area contributed by atoms with Gasteiger partial charge in [0.1, 0.15) is 0 Å². The van der Waals surface area contributed by atoms with Gasteiger partial charge in [0.25, 0.3) is 0 Å². The Bertz CT molecular complexity index is 126. The van der Waals surface area contributed by atoms with E-state index in [2.05, 4.69) is 5.32 Å². The normalized spacial score (nSPS) is 13.7. The minimum Gasteiger partial charge on any atom is -0.550 e. The summed E-state index contributed by atoms with van der Waals surface area (Å²) >= 11 is 0. The molecule has 0 aromatic carbocycles. The number of nitrogens with one attached hydrogen (secondary N) is 1. The molecule has 1 heterocycles. The van der Waals surface area contributed by atoms with Crippen molar-refractivity contribution in [2.75, 3.05) is 6.54 Å². The molecule has 58 valence electrons. The molecule has 0 aromatic rings. The van der Waals surface area contributed by atoms with Crippen molar-refractivity contribution in [2.45, 2.75) is 19.8 Å². The van der Waals surface area contributed by atoms with E-state index in [1.165, 1.54) is 0 Å². The summed E-state index contributed by atoms with van der Waals surface area (Å²) in [6, 6.07) is 0. The van der Waals surface area contributed by atoms with Crippen LogP contribution < -0.4 is 40.0 Å². The van der Waals surface area contributed by atoms with Crippen LogP contribution in [0.2, 0.25) is 0 Å². The Kier molecular flexibility index (Phi) is 9.89. The molecule has 0 radical (unpaired) electrons. The first-order valence-electron chi connectivity index (χ1n) is 3.07. The van der Waals surface area contributed by atoms with E-state index in [1.54, 1.807) is 0 Å².